The van der Waals surface area contributed by atoms with Gasteiger partial charge in [0.05, 0.1) is 25.1 Å². The molecule has 4 nitrogen and oxygen atoms in total. The summed E-state index contributed by atoms with van der Waals surface area (Å²) >= 11 is 0. The molecule has 1 aliphatic carbocycles. The van der Waals surface area contributed by atoms with Crippen LogP contribution >= 0.6 is 0 Å². The second kappa shape index (κ2) is 5.36. The van der Waals surface area contributed by atoms with E-state index in [0.29, 0.717) is 12.1 Å². The van der Waals surface area contributed by atoms with Crippen molar-refractivity contribution < 1.29 is 9.47 Å². The lowest BCUT2D eigenvalue weighted by Crippen LogP contribution is -2.40. The van der Waals surface area contributed by atoms with Crippen molar-refractivity contribution in [2.45, 2.75) is 38.8 Å². The number of aromatic nitrogens is 1. The van der Waals surface area contributed by atoms with Crippen molar-refractivity contribution in [3.05, 3.63) is 18.0 Å². The van der Waals surface area contributed by atoms with Gasteiger partial charge in [-0.2, -0.15) is 0 Å². The van der Waals surface area contributed by atoms with Crippen LogP contribution in [-0.2, 0) is 4.74 Å². The third-order valence-corrected chi connectivity index (χ3v) is 3.08. The minimum Gasteiger partial charge on any atom is -0.493 e. The summed E-state index contributed by atoms with van der Waals surface area (Å²) in [5.41, 5.74) is 2.02. The van der Waals surface area contributed by atoms with Gasteiger partial charge in [-0.25, -0.2) is 0 Å². The Labute approximate surface area is 102 Å². The Morgan fingerprint density at radius 2 is 2.24 bits per heavy atom. The number of rotatable bonds is 5. The Morgan fingerprint density at radius 1 is 1.47 bits per heavy atom. The fourth-order valence-electron chi connectivity index (χ4n) is 2.10. The van der Waals surface area contributed by atoms with Crippen LogP contribution in [0.1, 0.15) is 25.5 Å². The van der Waals surface area contributed by atoms with Crippen LogP contribution in [0.4, 0.5) is 5.69 Å². The van der Waals surface area contributed by atoms with Gasteiger partial charge >= 0.3 is 0 Å². The molecule has 1 heterocycles. The minimum absolute atomic E-state index is 0.423. The summed E-state index contributed by atoms with van der Waals surface area (Å²) in [4.78, 5) is 4.22. The quantitative estimate of drug-likeness (QED) is 0.852. The van der Waals surface area contributed by atoms with Gasteiger partial charge in [-0.1, -0.05) is 0 Å². The first-order valence-electron chi connectivity index (χ1n) is 6.11. The number of hydrogen-bond donors (Lipinski definition) is 1. The number of pyridine rings is 1. The van der Waals surface area contributed by atoms with E-state index < -0.39 is 0 Å². The fraction of sp³-hybridized carbons (Fsp3) is 0.615. The average molecular weight is 236 g/mol. The van der Waals surface area contributed by atoms with Crippen molar-refractivity contribution in [1.82, 2.24) is 4.98 Å². The highest BCUT2D eigenvalue weighted by molar-refractivity contribution is 5.56. The van der Waals surface area contributed by atoms with Crippen molar-refractivity contribution in [1.29, 1.82) is 0 Å². The lowest BCUT2D eigenvalue weighted by Gasteiger charge is -2.36. The third kappa shape index (κ3) is 2.88. The molecule has 1 aromatic heterocycles. The highest BCUT2D eigenvalue weighted by Crippen LogP contribution is 2.31. The molecule has 17 heavy (non-hydrogen) atoms. The molecule has 1 saturated carbocycles. The maximum atomic E-state index is 5.54. The first kappa shape index (κ1) is 12.2. The lowest BCUT2D eigenvalue weighted by molar-refractivity contribution is 0.00295. The molecule has 1 fully saturated rings. The van der Waals surface area contributed by atoms with Crippen molar-refractivity contribution >= 4 is 5.69 Å². The second-order valence-corrected chi connectivity index (χ2v) is 4.42. The second-order valence-electron chi connectivity index (χ2n) is 4.42. The molecule has 0 aromatic carbocycles. The molecule has 0 amide bonds. The van der Waals surface area contributed by atoms with Crippen molar-refractivity contribution in [2.24, 2.45) is 0 Å². The molecule has 0 bridgehead atoms. The molecule has 0 aliphatic heterocycles. The Morgan fingerprint density at radius 3 is 2.88 bits per heavy atom. The Bertz CT molecular complexity index is 376. The summed E-state index contributed by atoms with van der Waals surface area (Å²) in [7, 11) is 1.67. The highest BCUT2D eigenvalue weighted by Gasteiger charge is 2.29. The van der Waals surface area contributed by atoms with E-state index >= 15 is 0 Å². The predicted octanol–water partition coefficient (Wildman–Crippen LogP) is 2.38. The number of nitrogens with zero attached hydrogens (tertiary/aromatic N) is 1. The van der Waals surface area contributed by atoms with Crippen LogP contribution in [0.2, 0.25) is 0 Å². The number of aryl methyl sites for hydroxylation is 1. The molecular formula is C13H20N2O2. The predicted molar refractivity (Wildman–Crippen MR) is 67.6 cm³/mol. The topological polar surface area (TPSA) is 43.4 Å². The van der Waals surface area contributed by atoms with Crippen LogP contribution in [0.3, 0.4) is 0 Å². The van der Waals surface area contributed by atoms with Crippen LogP contribution in [0, 0.1) is 6.92 Å². The normalized spacial score (nSPS) is 23.0. The highest BCUT2D eigenvalue weighted by atomic mass is 16.5. The van der Waals surface area contributed by atoms with Gasteiger partial charge in [-0.05, 0) is 32.8 Å². The molecule has 0 spiro atoms. The van der Waals surface area contributed by atoms with E-state index in [1.54, 1.807) is 13.3 Å². The Hall–Kier alpha value is -1.29. The monoisotopic (exact) mass is 236 g/mol. The maximum Gasteiger partial charge on any atom is 0.160 e. The smallest absolute Gasteiger partial charge is 0.160 e. The largest absolute Gasteiger partial charge is 0.493 e. The van der Waals surface area contributed by atoms with E-state index in [1.807, 2.05) is 19.9 Å². The van der Waals surface area contributed by atoms with Gasteiger partial charge in [-0.3, -0.25) is 4.98 Å². The van der Waals surface area contributed by atoms with Gasteiger partial charge in [-0.15, -0.1) is 0 Å². The molecule has 1 aliphatic rings. The summed E-state index contributed by atoms with van der Waals surface area (Å²) in [5, 5.41) is 3.48. The maximum absolute atomic E-state index is 5.54. The van der Waals surface area contributed by atoms with Crippen LogP contribution < -0.4 is 10.1 Å². The molecule has 1 aromatic rings. The summed E-state index contributed by atoms with van der Waals surface area (Å²) in [6.07, 6.45) is 4.32. The molecule has 4 heteroatoms. The van der Waals surface area contributed by atoms with Gasteiger partial charge < -0.3 is 14.8 Å². The van der Waals surface area contributed by atoms with Gasteiger partial charge in [0.2, 0.25) is 0 Å². The molecule has 0 saturated heterocycles. The number of methoxy groups -OCH3 is 1. The van der Waals surface area contributed by atoms with Crippen LogP contribution in [0.25, 0.3) is 0 Å². The molecule has 0 atom stereocenters. The molecular weight excluding hydrogens is 216 g/mol. The van der Waals surface area contributed by atoms with Crippen molar-refractivity contribution in [3.63, 3.8) is 0 Å². The summed E-state index contributed by atoms with van der Waals surface area (Å²) < 4.78 is 10.8. The number of anilines is 1. The first-order valence-corrected chi connectivity index (χ1v) is 6.11. The van der Waals surface area contributed by atoms with Gasteiger partial charge in [0.25, 0.3) is 0 Å². The Kier molecular flexibility index (Phi) is 3.84. The average Bonchev–Trinajstić information content (AvgIpc) is 2.26. The first-order chi connectivity index (χ1) is 8.22. The molecule has 94 valence electrons. The van der Waals surface area contributed by atoms with Crippen molar-refractivity contribution in [3.8, 4) is 5.75 Å². The van der Waals surface area contributed by atoms with Gasteiger partial charge in [0.15, 0.2) is 5.75 Å². The van der Waals surface area contributed by atoms with E-state index in [4.69, 9.17) is 9.47 Å². The van der Waals surface area contributed by atoms with Gasteiger partial charge in [0.1, 0.15) is 0 Å². The number of ether oxygens (including phenoxy) is 2. The number of nitrogens with one attached hydrogen (secondary N) is 1. The Balaban J connectivity index is 1.93. The third-order valence-electron chi connectivity index (χ3n) is 3.08. The fourth-order valence-corrected chi connectivity index (χ4v) is 2.10. The van der Waals surface area contributed by atoms with E-state index in [-0.39, 0.29) is 0 Å². The zero-order chi connectivity index (χ0) is 12.3. The standard InChI is InChI=1S/C13H20N2O2/c1-4-17-11-6-10(7-11)15-12-5-9(2)14-8-13(12)16-3/h5,8,10-11H,4,6-7H2,1-3H3,(H,14,15). The summed E-state index contributed by atoms with van der Waals surface area (Å²) in [6, 6.07) is 2.51. The molecule has 0 unspecified atom stereocenters. The molecule has 0 radical (unpaired) electrons. The van der Waals surface area contributed by atoms with Crippen LogP contribution in [-0.4, -0.2) is 30.8 Å². The number of hydrogen-bond acceptors (Lipinski definition) is 4. The molecule has 1 N–H and O–H groups in total. The van der Waals surface area contributed by atoms with Crippen LogP contribution in [0.5, 0.6) is 5.75 Å². The van der Waals surface area contributed by atoms with Gasteiger partial charge in [0, 0.05) is 18.3 Å². The summed E-state index contributed by atoms with van der Waals surface area (Å²) in [5.74, 6) is 0.801. The SMILES string of the molecule is CCOC1CC(Nc2cc(C)ncc2OC)C1. The minimum atomic E-state index is 0.423. The zero-order valence-corrected chi connectivity index (χ0v) is 10.7. The van der Waals surface area contributed by atoms with Crippen molar-refractivity contribution in [2.75, 3.05) is 19.0 Å². The van der Waals surface area contributed by atoms with E-state index in [9.17, 15) is 0 Å². The lowest BCUT2D eigenvalue weighted by atomic mass is 9.89. The zero-order valence-electron chi connectivity index (χ0n) is 10.7. The summed E-state index contributed by atoms with van der Waals surface area (Å²) in [6.45, 7) is 4.82. The van der Waals surface area contributed by atoms with E-state index in [1.165, 1.54) is 0 Å². The van der Waals surface area contributed by atoms with Crippen LogP contribution in [0.15, 0.2) is 12.3 Å². The molecule has 2 rings (SSSR count). The van der Waals surface area contributed by atoms with E-state index in [0.717, 1.165) is 36.6 Å². The van der Waals surface area contributed by atoms with E-state index in [2.05, 4.69) is 10.3 Å².